The van der Waals surface area contributed by atoms with E-state index in [9.17, 15) is 4.39 Å². The van der Waals surface area contributed by atoms with E-state index in [0.717, 1.165) is 0 Å². The van der Waals surface area contributed by atoms with Crippen molar-refractivity contribution in [2.45, 2.75) is 0 Å². The Morgan fingerprint density at radius 1 is 1.18 bits per heavy atom. The molecule has 2 rings (SSSR count). The normalized spacial score (nSPS) is 10.2. The zero-order valence-corrected chi connectivity index (χ0v) is 9.01. The van der Waals surface area contributed by atoms with Crippen LogP contribution in [0.2, 0.25) is 0 Å². The van der Waals surface area contributed by atoms with E-state index in [-0.39, 0.29) is 19.0 Å². The second kappa shape index (κ2) is 5.36. The fraction of sp³-hybridized carbons (Fsp3) is 0.167. The summed E-state index contributed by atoms with van der Waals surface area (Å²) in [6.07, 6.45) is 2.90. The van der Waals surface area contributed by atoms with E-state index in [1.807, 2.05) is 0 Å². The van der Waals surface area contributed by atoms with Crippen LogP contribution in [0.3, 0.4) is 0 Å². The number of hydrogen-bond acceptors (Lipinski definition) is 4. The van der Waals surface area contributed by atoms with Crippen molar-refractivity contribution in [3.8, 4) is 17.1 Å². The van der Waals surface area contributed by atoms with Crippen LogP contribution in [-0.4, -0.2) is 28.3 Å². The molecule has 0 saturated heterocycles. The van der Waals surface area contributed by atoms with E-state index in [0.29, 0.717) is 17.1 Å². The predicted molar refractivity (Wildman–Crippen MR) is 60.0 cm³/mol. The lowest BCUT2D eigenvalue weighted by atomic mass is 10.2. The Balaban J connectivity index is 2.21. The molecule has 0 amide bonds. The number of hydrogen-bond donors (Lipinski definition) is 1. The van der Waals surface area contributed by atoms with Crippen molar-refractivity contribution in [2.75, 3.05) is 13.2 Å². The molecule has 1 aromatic heterocycles. The molecule has 1 heterocycles. The van der Waals surface area contributed by atoms with Gasteiger partial charge < -0.3 is 9.84 Å². The Labute approximate surface area is 97.7 Å². The minimum absolute atomic E-state index is 0.0743. The SMILES string of the molecule is OCCOc1cnc(-c2ccccc2F)nc1. The first-order chi connectivity index (χ1) is 8.31. The molecule has 0 atom stereocenters. The highest BCUT2D eigenvalue weighted by Gasteiger charge is 2.06. The highest BCUT2D eigenvalue weighted by atomic mass is 19.1. The number of benzene rings is 1. The third-order valence-electron chi connectivity index (χ3n) is 2.10. The summed E-state index contributed by atoms with van der Waals surface area (Å²) in [7, 11) is 0. The topological polar surface area (TPSA) is 55.2 Å². The molecular formula is C12H11FN2O2. The van der Waals surface area contributed by atoms with E-state index < -0.39 is 0 Å². The van der Waals surface area contributed by atoms with Crippen LogP contribution >= 0.6 is 0 Å². The zero-order chi connectivity index (χ0) is 12.1. The lowest BCUT2D eigenvalue weighted by Gasteiger charge is -2.04. The molecule has 0 radical (unpaired) electrons. The highest BCUT2D eigenvalue weighted by Crippen LogP contribution is 2.19. The lowest BCUT2D eigenvalue weighted by Crippen LogP contribution is -2.02. The molecule has 0 bridgehead atoms. The van der Waals surface area contributed by atoms with Crippen molar-refractivity contribution in [1.82, 2.24) is 9.97 Å². The van der Waals surface area contributed by atoms with Crippen molar-refractivity contribution in [1.29, 1.82) is 0 Å². The van der Waals surface area contributed by atoms with Gasteiger partial charge in [-0.15, -0.1) is 0 Å². The minimum atomic E-state index is -0.364. The minimum Gasteiger partial charge on any atom is -0.488 e. The van der Waals surface area contributed by atoms with E-state index in [2.05, 4.69) is 9.97 Å². The van der Waals surface area contributed by atoms with E-state index in [1.165, 1.54) is 18.5 Å². The fourth-order valence-corrected chi connectivity index (χ4v) is 1.34. The standard InChI is InChI=1S/C12H11FN2O2/c13-11-4-2-1-3-10(11)12-14-7-9(8-15-12)17-6-5-16/h1-4,7-8,16H,5-6H2. The van der Waals surface area contributed by atoms with Crippen LogP contribution in [0.1, 0.15) is 0 Å². The zero-order valence-electron chi connectivity index (χ0n) is 9.01. The van der Waals surface area contributed by atoms with Crippen LogP contribution in [0.4, 0.5) is 4.39 Å². The molecule has 5 heteroatoms. The molecule has 4 nitrogen and oxygen atoms in total. The van der Waals surface area contributed by atoms with Gasteiger partial charge in [-0.25, -0.2) is 14.4 Å². The monoisotopic (exact) mass is 234 g/mol. The number of aromatic nitrogens is 2. The third kappa shape index (κ3) is 2.76. The molecule has 0 aliphatic heterocycles. The quantitative estimate of drug-likeness (QED) is 0.874. The maximum Gasteiger partial charge on any atom is 0.162 e. The Morgan fingerprint density at radius 2 is 1.88 bits per heavy atom. The van der Waals surface area contributed by atoms with Gasteiger partial charge in [0.2, 0.25) is 0 Å². The first kappa shape index (κ1) is 11.5. The maximum absolute atomic E-state index is 13.4. The second-order valence-electron chi connectivity index (χ2n) is 3.29. The number of nitrogens with zero attached hydrogens (tertiary/aromatic N) is 2. The Bertz CT molecular complexity index is 488. The molecule has 0 spiro atoms. The van der Waals surface area contributed by atoms with Gasteiger partial charge in [0.15, 0.2) is 11.6 Å². The number of aliphatic hydroxyl groups excluding tert-OH is 1. The van der Waals surface area contributed by atoms with Crippen molar-refractivity contribution < 1.29 is 14.2 Å². The van der Waals surface area contributed by atoms with Crippen molar-refractivity contribution >= 4 is 0 Å². The van der Waals surface area contributed by atoms with E-state index in [4.69, 9.17) is 9.84 Å². The first-order valence-corrected chi connectivity index (χ1v) is 5.12. The number of rotatable bonds is 4. The van der Waals surface area contributed by atoms with Crippen LogP contribution in [0.5, 0.6) is 5.75 Å². The summed E-state index contributed by atoms with van der Waals surface area (Å²) < 4.78 is 18.5. The van der Waals surface area contributed by atoms with Crippen LogP contribution in [-0.2, 0) is 0 Å². The third-order valence-corrected chi connectivity index (χ3v) is 2.10. The second-order valence-corrected chi connectivity index (χ2v) is 3.29. The molecular weight excluding hydrogens is 223 g/mol. The Hall–Kier alpha value is -2.01. The molecule has 0 unspecified atom stereocenters. The average Bonchev–Trinajstić information content (AvgIpc) is 2.38. The lowest BCUT2D eigenvalue weighted by molar-refractivity contribution is 0.200. The number of ether oxygens (including phenoxy) is 1. The summed E-state index contributed by atoms with van der Waals surface area (Å²) in [4.78, 5) is 8.01. The summed E-state index contributed by atoms with van der Waals surface area (Å²) in [6, 6.07) is 6.29. The van der Waals surface area contributed by atoms with Gasteiger partial charge in [-0.3, -0.25) is 0 Å². The smallest absolute Gasteiger partial charge is 0.162 e. The summed E-state index contributed by atoms with van der Waals surface area (Å²) >= 11 is 0. The van der Waals surface area contributed by atoms with Gasteiger partial charge in [-0.2, -0.15) is 0 Å². The highest BCUT2D eigenvalue weighted by molar-refractivity contribution is 5.55. The van der Waals surface area contributed by atoms with E-state index >= 15 is 0 Å². The van der Waals surface area contributed by atoms with Crippen molar-refractivity contribution in [3.63, 3.8) is 0 Å². The molecule has 0 aliphatic carbocycles. The van der Waals surface area contributed by atoms with Crippen molar-refractivity contribution in [3.05, 3.63) is 42.5 Å². The van der Waals surface area contributed by atoms with Crippen LogP contribution in [0, 0.1) is 5.82 Å². The number of halogens is 1. The maximum atomic E-state index is 13.4. The summed E-state index contributed by atoms with van der Waals surface area (Å²) in [5.41, 5.74) is 0.348. The Kier molecular flexibility index (Phi) is 3.62. The van der Waals surface area contributed by atoms with Gasteiger partial charge in [0.05, 0.1) is 24.6 Å². The summed E-state index contributed by atoms with van der Waals surface area (Å²) in [6.45, 7) is 0.109. The number of aliphatic hydroxyl groups is 1. The molecule has 88 valence electrons. The van der Waals surface area contributed by atoms with Crippen LogP contribution in [0.15, 0.2) is 36.7 Å². The van der Waals surface area contributed by atoms with Gasteiger partial charge in [-0.05, 0) is 12.1 Å². The van der Waals surface area contributed by atoms with Gasteiger partial charge in [0.25, 0.3) is 0 Å². The van der Waals surface area contributed by atoms with Gasteiger partial charge in [-0.1, -0.05) is 12.1 Å². The van der Waals surface area contributed by atoms with Gasteiger partial charge >= 0.3 is 0 Å². The van der Waals surface area contributed by atoms with Gasteiger partial charge in [0, 0.05) is 0 Å². The molecule has 17 heavy (non-hydrogen) atoms. The predicted octanol–water partition coefficient (Wildman–Crippen LogP) is 1.65. The van der Waals surface area contributed by atoms with Gasteiger partial charge in [0.1, 0.15) is 12.4 Å². The first-order valence-electron chi connectivity index (χ1n) is 5.12. The summed E-state index contributed by atoms with van der Waals surface area (Å²) in [5, 5.41) is 8.58. The molecule has 1 aromatic carbocycles. The van der Waals surface area contributed by atoms with Crippen molar-refractivity contribution in [2.24, 2.45) is 0 Å². The fourth-order valence-electron chi connectivity index (χ4n) is 1.34. The summed E-state index contributed by atoms with van der Waals surface area (Å²) in [5.74, 6) is 0.384. The average molecular weight is 234 g/mol. The Morgan fingerprint density at radius 3 is 2.53 bits per heavy atom. The molecule has 0 aliphatic rings. The largest absolute Gasteiger partial charge is 0.488 e. The van der Waals surface area contributed by atoms with E-state index in [1.54, 1.807) is 18.2 Å². The molecule has 0 saturated carbocycles. The molecule has 2 aromatic rings. The molecule has 1 N–H and O–H groups in total. The molecule has 0 fully saturated rings. The van der Waals surface area contributed by atoms with Crippen LogP contribution in [0.25, 0.3) is 11.4 Å². The van der Waals surface area contributed by atoms with Crippen LogP contribution < -0.4 is 4.74 Å².